The lowest BCUT2D eigenvalue weighted by Gasteiger charge is -2.29. The summed E-state index contributed by atoms with van der Waals surface area (Å²) in [6.07, 6.45) is 4.86. The minimum atomic E-state index is -0.0338. The SMILES string of the molecule is COc1ccccc1CN1CCc2nc([C@H]3CCN(C(=O)C4CCC4)C3)[nH]c(=O)c2C1. The van der Waals surface area contributed by atoms with Crippen molar-refractivity contribution < 1.29 is 9.53 Å². The topological polar surface area (TPSA) is 78.5 Å². The van der Waals surface area contributed by atoms with Gasteiger partial charge in [-0.15, -0.1) is 0 Å². The second-order valence-electron chi connectivity index (χ2n) is 9.05. The molecule has 1 saturated heterocycles. The quantitative estimate of drug-likeness (QED) is 0.801. The van der Waals surface area contributed by atoms with Crippen LogP contribution in [0.25, 0.3) is 0 Å². The first-order valence-corrected chi connectivity index (χ1v) is 11.4. The number of aromatic nitrogens is 2. The molecule has 1 atom stereocenters. The number of amides is 1. The van der Waals surface area contributed by atoms with Crippen LogP contribution in [0.2, 0.25) is 0 Å². The summed E-state index contributed by atoms with van der Waals surface area (Å²) in [6, 6.07) is 8.01. The lowest BCUT2D eigenvalue weighted by Crippen LogP contribution is -2.38. The zero-order valence-corrected chi connectivity index (χ0v) is 18.1. The van der Waals surface area contributed by atoms with Crippen molar-refractivity contribution in [3.63, 3.8) is 0 Å². The third kappa shape index (κ3) is 3.99. The number of para-hydroxylation sites is 1. The highest BCUT2D eigenvalue weighted by molar-refractivity contribution is 5.80. The second kappa shape index (κ2) is 8.46. The first-order chi connectivity index (χ1) is 15.1. The first-order valence-electron chi connectivity index (χ1n) is 11.4. The Labute approximate surface area is 182 Å². The van der Waals surface area contributed by atoms with Crippen LogP contribution in [0.3, 0.4) is 0 Å². The number of rotatable bonds is 5. The summed E-state index contributed by atoms with van der Waals surface area (Å²) < 4.78 is 5.47. The van der Waals surface area contributed by atoms with Gasteiger partial charge in [0.25, 0.3) is 5.56 Å². The van der Waals surface area contributed by atoms with E-state index in [4.69, 9.17) is 9.72 Å². The lowest BCUT2D eigenvalue weighted by molar-refractivity contribution is -0.137. The predicted octanol–water partition coefficient (Wildman–Crippen LogP) is 2.45. The van der Waals surface area contributed by atoms with Gasteiger partial charge in [0.1, 0.15) is 11.6 Å². The van der Waals surface area contributed by atoms with Crippen LogP contribution in [0.1, 0.15) is 54.2 Å². The molecule has 5 rings (SSSR count). The van der Waals surface area contributed by atoms with Gasteiger partial charge in [0.15, 0.2) is 0 Å². The van der Waals surface area contributed by atoms with E-state index in [2.05, 4.69) is 16.0 Å². The average molecular weight is 423 g/mol. The average Bonchev–Trinajstić information content (AvgIpc) is 3.24. The van der Waals surface area contributed by atoms with Crippen molar-refractivity contribution >= 4 is 5.91 Å². The Morgan fingerprint density at radius 1 is 1.23 bits per heavy atom. The van der Waals surface area contributed by atoms with Crippen LogP contribution >= 0.6 is 0 Å². The van der Waals surface area contributed by atoms with Gasteiger partial charge in [-0.25, -0.2) is 4.98 Å². The van der Waals surface area contributed by atoms with Gasteiger partial charge in [0, 0.05) is 56.5 Å². The molecule has 7 nitrogen and oxygen atoms in total. The molecule has 31 heavy (non-hydrogen) atoms. The van der Waals surface area contributed by atoms with Crippen LogP contribution < -0.4 is 10.3 Å². The number of carbonyl (C=O) groups is 1. The highest BCUT2D eigenvalue weighted by Gasteiger charge is 2.35. The summed E-state index contributed by atoms with van der Waals surface area (Å²) in [4.78, 5) is 37.6. The fourth-order valence-corrected chi connectivity index (χ4v) is 5.00. The van der Waals surface area contributed by atoms with Crippen molar-refractivity contribution in [1.82, 2.24) is 19.8 Å². The number of H-pyrrole nitrogens is 1. The highest BCUT2D eigenvalue weighted by Crippen LogP contribution is 2.32. The number of hydrogen-bond acceptors (Lipinski definition) is 5. The van der Waals surface area contributed by atoms with Crippen LogP contribution in [-0.2, 0) is 24.3 Å². The number of carbonyl (C=O) groups excluding carboxylic acids is 1. The van der Waals surface area contributed by atoms with Gasteiger partial charge in [-0.1, -0.05) is 24.6 Å². The number of nitrogens with zero attached hydrogens (tertiary/aromatic N) is 3. The van der Waals surface area contributed by atoms with Gasteiger partial charge in [0.05, 0.1) is 18.4 Å². The molecule has 1 aromatic carbocycles. The molecule has 0 radical (unpaired) electrons. The fourth-order valence-electron chi connectivity index (χ4n) is 5.00. The molecule has 1 aromatic heterocycles. The minimum absolute atomic E-state index is 0.0338. The van der Waals surface area contributed by atoms with Crippen LogP contribution in [0.4, 0.5) is 0 Å². The molecule has 0 spiro atoms. The van der Waals surface area contributed by atoms with Crippen LogP contribution in [-0.4, -0.2) is 52.4 Å². The minimum Gasteiger partial charge on any atom is -0.496 e. The number of hydrogen-bond donors (Lipinski definition) is 1. The van der Waals surface area contributed by atoms with Gasteiger partial charge in [-0.2, -0.15) is 0 Å². The number of aromatic amines is 1. The maximum atomic E-state index is 12.9. The number of nitrogens with one attached hydrogen (secondary N) is 1. The molecule has 0 bridgehead atoms. The Hall–Kier alpha value is -2.67. The van der Waals surface area contributed by atoms with Gasteiger partial charge in [-0.05, 0) is 25.3 Å². The van der Waals surface area contributed by atoms with Gasteiger partial charge in [0.2, 0.25) is 5.91 Å². The number of benzene rings is 1. The molecule has 0 unspecified atom stereocenters. The van der Waals surface area contributed by atoms with Crippen molar-refractivity contribution in [3.05, 3.63) is 57.3 Å². The third-order valence-corrected chi connectivity index (χ3v) is 7.09. The molecule has 2 fully saturated rings. The van der Waals surface area contributed by atoms with Crippen LogP contribution in [0.5, 0.6) is 5.75 Å². The smallest absolute Gasteiger partial charge is 0.255 e. The Bertz CT molecular complexity index is 1030. The molecule has 3 aliphatic rings. The third-order valence-electron chi connectivity index (χ3n) is 7.09. The normalized spacial score (nSPS) is 21.6. The standard InChI is InChI=1S/C24H30N4O3/c1-31-21-8-3-2-5-17(21)13-27-11-10-20-19(15-27)23(29)26-22(25-20)18-9-12-28(14-18)24(30)16-6-4-7-16/h2-3,5,8,16,18H,4,6-7,9-15H2,1H3,(H,25,26,29)/t18-/m0/s1. The van der Waals surface area contributed by atoms with E-state index in [9.17, 15) is 9.59 Å². The fraction of sp³-hybridized carbons (Fsp3) is 0.542. The van der Waals surface area contributed by atoms with E-state index in [1.807, 2.05) is 23.1 Å². The van der Waals surface area contributed by atoms with Crippen molar-refractivity contribution in [3.8, 4) is 5.75 Å². The van der Waals surface area contributed by atoms with Gasteiger partial charge < -0.3 is 14.6 Å². The number of methoxy groups -OCH3 is 1. The summed E-state index contributed by atoms with van der Waals surface area (Å²) in [5.41, 5.74) is 2.77. The zero-order valence-electron chi connectivity index (χ0n) is 18.1. The summed E-state index contributed by atoms with van der Waals surface area (Å²) in [6.45, 7) is 3.64. The Morgan fingerprint density at radius 2 is 2.06 bits per heavy atom. The summed E-state index contributed by atoms with van der Waals surface area (Å²) >= 11 is 0. The van der Waals surface area contributed by atoms with Crippen LogP contribution in [0.15, 0.2) is 29.1 Å². The summed E-state index contributed by atoms with van der Waals surface area (Å²) in [7, 11) is 1.68. The van der Waals surface area contributed by atoms with Crippen LogP contribution in [0, 0.1) is 5.92 Å². The molecular formula is C24H30N4O3. The van der Waals surface area contributed by atoms with E-state index in [1.54, 1.807) is 7.11 Å². The Morgan fingerprint density at radius 3 is 2.84 bits per heavy atom. The maximum absolute atomic E-state index is 12.9. The summed E-state index contributed by atoms with van der Waals surface area (Å²) in [5, 5.41) is 0. The maximum Gasteiger partial charge on any atom is 0.255 e. The van der Waals surface area contributed by atoms with E-state index >= 15 is 0 Å². The lowest BCUT2D eigenvalue weighted by atomic mass is 9.84. The molecule has 3 heterocycles. The van der Waals surface area contributed by atoms with Crippen molar-refractivity contribution in [2.24, 2.45) is 5.92 Å². The molecular weight excluding hydrogens is 392 g/mol. The zero-order chi connectivity index (χ0) is 21.4. The number of ether oxygens (including phenoxy) is 1. The summed E-state index contributed by atoms with van der Waals surface area (Å²) in [5.74, 6) is 2.28. The molecule has 164 valence electrons. The predicted molar refractivity (Wildman–Crippen MR) is 117 cm³/mol. The van der Waals surface area contributed by atoms with E-state index in [0.717, 1.165) is 73.7 Å². The number of likely N-dealkylation sites (tertiary alicyclic amines) is 1. The largest absolute Gasteiger partial charge is 0.496 e. The second-order valence-corrected chi connectivity index (χ2v) is 9.05. The first kappa shape index (κ1) is 20.2. The van der Waals surface area contributed by atoms with E-state index in [1.165, 1.54) is 6.42 Å². The number of fused-ring (bicyclic) bond motifs is 1. The van der Waals surface area contributed by atoms with E-state index in [-0.39, 0.29) is 17.4 Å². The van der Waals surface area contributed by atoms with Crippen molar-refractivity contribution in [2.75, 3.05) is 26.7 Å². The van der Waals surface area contributed by atoms with E-state index in [0.29, 0.717) is 19.0 Å². The molecule has 1 N–H and O–H groups in total. The van der Waals surface area contributed by atoms with Crippen molar-refractivity contribution in [1.29, 1.82) is 0 Å². The van der Waals surface area contributed by atoms with Crippen molar-refractivity contribution in [2.45, 2.75) is 51.1 Å². The highest BCUT2D eigenvalue weighted by atomic mass is 16.5. The monoisotopic (exact) mass is 422 g/mol. The van der Waals surface area contributed by atoms with E-state index < -0.39 is 0 Å². The molecule has 7 heteroatoms. The molecule has 2 aliphatic heterocycles. The Balaban J connectivity index is 1.28. The molecule has 1 saturated carbocycles. The van der Waals surface area contributed by atoms with Gasteiger partial charge in [-0.3, -0.25) is 14.5 Å². The van der Waals surface area contributed by atoms with Gasteiger partial charge >= 0.3 is 0 Å². The molecule has 1 amide bonds. The molecule has 1 aliphatic carbocycles. The Kier molecular flexibility index (Phi) is 5.52. The molecule has 2 aromatic rings.